The molecule has 7 heteroatoms. The van der Waals surface area contributed by atoms with E-state index < -0.39 is 0 Å². The summed E-state index contributed by atoms with van der Waals surface area (Å²) >= 11 is 0. The highest BCUT2D eigenvalue weighted by molar-refractivity contribution is 5.78. The molecular weight excluding hydrogens is 394 g/mol. The second-order valence-electron chi connectivity index (χ2n) is 8.44. The summed E-state index contributed by atoms with van der Waals surface area (Å²) in [6.45, 7) is 6.74. The molecule has 3 rings (SSSR count). The van der Waals surface area contributed by atoms with Crippen molar-refractivity contribution in [2.75, 3.05) is 21.3 Å². The van der Waals surface area contributed by atoms with Gasteiger partial charge in [0.1, 0.15) is 0 Å². The normalized spacial score (nSPS) is 11.3. The maximum absolute atomic E-state index is 12.6. The number of hydrogen-bond donors (Lipinski definition) is 0. The van der Waals surface area contributed by atoms with Crippen molar-refractivity contribution >= 4 is 5.91 Å². The second kappa shape index (κ2) is 9.20. The molecule has 0 unspecified atom stereocenters. The Morgan fingerprint density at radius 1 is 1.00 bits per heavy atom. The van der Waals surface area contributed by atoms with E-state index in [0.717, 1.165) is 11.1 Å². The highest BCUT2D eigenvalue weighted by Gasteiger charge is 2.17. The maximum atomic E-state index is 12.6. The van der Waals surface area contributed by atoms with E-state index in [-0.39, 0.29) is 24.3 Å². The summed E-state index contributed by atoms with van der Waals surface area (Å²) in [4.78, 5) is 14.2. The number of amides is 1. The molecule has 164 valence electrons. The molecule has 0 saturated carbocycles. The molecule has 0 N–H and O–H groups in total. The number of benzene rings is 2. The summed E-state index contributed by atoms with van der Waals surface area (Å²) in [7, 11) is 4.86. The van der Waals surface area contributed by atoms with Gasteiger partial charge in [0.05, 0.1) is 27.2 Å². The minimum absolute atomic E-state index is 0.0681. The van der Waals surface area contributed by atoms with Crippen LogP contribution in [0.2, 0.25) is 0 Å². The molecule has 1 amide bonds. The zero-order chi connectivity index (χ0) is 22.6. The van der Waals surface area contributed by atoms with Gasteiger partial charge in [-0.1, -0.05) is 39.0 Å². The van der Waals surface area contributed by atoms with Gasteiger partial charge in [-0.05, 0) is 40.8 Å². The molecule has 7 nitrogen and oxygen atoms in total. The molecule has 31 heavy (non-hydrogen) atoms. The van der Waals surface area contributed by atoms with E-state index in [1.165, 1.54) is 5.56 Å². The van der Waals surface area contributed by atoms with Crippen LogP contribution in [-0.2, 0) is 23.2 Å². The lowest BCUT2D eigenvalue weighted by molar-refractivity contribution is -0.130. The third-order valence-corrected chi connectivity index (χ3v) is 5.07. The van der Waals surface area contributed by atoms with Gasteiger partial charge >= 0.3 is 0 Å². The van der Waals surface area contributed by atoms with Crippen LogP contribution in [0.3, 0.4) is 0 Å². The van der Waals surface area contributed by atoms with Gasteiger partial charge in [-0.25, -0.2) is 0 Å². The van der Waals surface area contributed by atoms with Gasteiger partial charge in [0.25, 0.3) is 0 Å². The molecule has 0 aliphatic carbocycles. The Morgan fingerprint density at radius 2 is 1.68 bits per heavy atom. The quantitative estimate of drug-likeness (QED) is 0.565. The first kappa shape index (κ1) is 22.3. The zero-order valence-electron chi connectivity index (χ0n) is 18.9. The van der Waals surface area contributed by atoms with Crippen LogP contribution in [0, 0.1) is 0 Å². The predicted molar refractivity (Wildman–Crippen MR) is 118 cm³/mol. The van der Waals surface area contributed by atoms with E-state index in [1.807, 2.05) is 18.2 Å². The topological polar surface area (TPSA) is 77.7 Å². The van der Waals surface area contributed by atoms with Gasteiger partial charge in [0.15, 0.2) is 11.5 Å². The number of carbonyl (C=O) groups excluding carboxylic acids is 1. The van der Waals surface area contributed by atoms with Gasteiger partial charge in [-0.3, -0.25) is 4.79 Å². The average molecular weight is 424 g/mol. The largest absolute Gasteiger partial charge is 0.493 e. The van der Waals surface area contributed by atoms with Crippen LogP contribution in [0.4, 0.5) is 0 Å². The third-order valence-electron chi connectivity index (χ3n) is 5.07. The lowest BCUT2D eigenvalue weighted by Gasteiger charge is -2.18. The van der Waals surface area contributed by atoms with Gasteiger partial charge in [-0.15, -0.1) is 10.2 Å². The Kier molecular flexibility index (Phi) is 6.63. The molecule has 0 aliphatic rings. The fourth-order valence-electron chi connectivity index (χ4n) is 3.14. The lowest BCUT2D eigenvalue weighted by atomic mass is 9.87. The Balaban J connectivity index is 1.64. The first-order chi connectivity index (χ1) is 14.7. The number of methoxy groups -OCH3 is 2. The number of nitrogens with zero attached hydrogens (tertiary/aromatic N) is 3. The molecule has 0 fully saturated rings. The van der Waals surface area contributed by atoms with Gasteiger partial charge in [0.2, 0.25) is 17.7 Å². The van der Waals surface area contributed by atoms with Gasteiger partial charge in [-0.2, -0.15) is 0 Å². The molecular formula is C24H29N3O4. The van der Waals surface area contributed by atoms with Crippen LogP contribution in [-0.4, -0.2) is 42.3 Å². The number of rotatable bonds is 7. The smallest absolute Gasteiger partial charge is 0.247 e. The van der Waals surface area contributed by atoms with Crippen molar-refractivity contribution in [3.05, 3.63) is 59.5 Å². The molecule has 3 aromatic rings. The standard InChI is InChI=1S/C24H29N3O4/c1-24(2,3)18-10-8-17(9-11-18)23-26-25-21(31-23)15-27(4)22(28)14-16-7-12-19(29-5)20(13-16)30-6/h7-13H,14-15H2,1-6H3. The average Bonchev–Trinajstić information content (AvgIpc) is 3.21. The Labute approximate surface area is 183 Å². The summed E-state index contributed by atoms with van der Waals surface area (Å²) in [5.41, 5.74) is 3.00. The number of carbonyl (C=O) groups is 1. The monoisotopic (exact) mass is 423 g/mol. The molecule has 0 atom stereocenters. The number of hydrogen-bond acceptors (Lipinski definition) is 6. The fraction of sp³-hybridized carbons (Fsp3) is 0.375. The highest BCUT2D eigenvalue weighted by Crippen LogP contribution is 2.28. The van der Waals surface area contributed by atoms with E-state index >= 15 is 0 Å². The number of likely N-dealkylation sites (N-methyl/N-ethyl adjacent to an activating group) is 1. The SMILES string of the molecule is COc1ccc(CC(=O)N(C)Cc2nnc(-c3ccc(C(C)(C)C)cc3)o2)cc1OC. The van der Waals surface area contributed by atoms with E-state index in [4.69, 9.17) is 13.9 Å². The van der Waals surface area contributed by atoms with Crippen molar-refractivity contribution in [3.8, 4) is 23.0 Å². The summed E-state index contributed by atoms with van der Waals surface area (Å²) in [5.74, 6) is 1.98. The van der Waals surface area contributed by atoms with Crippen molar-refractivity contribution in [1.82, 2.24) is 15.1 Å². The summed E-state index contributed by atoms with van der Waals surface area (Å²) in [5, 5.41) is 8.23. The Morgan fingerprint density at radius 3 is 2.29 bits per heavy atom. The highest BCUT2D eigenvalue weighted by atomic mass is 16.5. The van der Waals surface area contributed by atoms with Gasteiger partial charge < -0.3 is 18.8 Å². The summed E-state index contributed by atoms with van der Waals surface area (Å²) in [6, 6.07) is 13.5. The molecule has 0 bridgehead atoms. The molecule has 1 heterocycles. The van der Waals surface area contributed by atoms with Crippen LogP contribution in [0.5, 0.6) is 11.5 Å². The predicted octanol–water partition coefficient (Wildman–Crippen LogP) is 4.25. The van der Waals surface area contributed by atoms with Crippen LogP contribution >= 0.6 is 0 Å². The maximum Gasteiger partial charge on any atom is 0.247 e. The third kappa shape index (κ3) is 5.42. The summed E-state index contributed by atoms with van der Waals surface area (Å²) < 4.78 is 16.3. The van der Waals surface area contributed by atoms with Crippen molar-refractivity contribution in [2.45, 2.75) is 39.2 Å². The van der Waals surface area contributed by atoms with Crippen molar-refractivity contribution in [2.24, 2.45) is 0 Å². The molecule has 0 saturated heterocycles. The molecule has 2 aromatic carbocycles. The Bertz CT molecular complexity index is 1040. The first-order valence-electron chi connectivity index (χ1n) is 10.1. The Hall–Kier alpha value is -3.35. The molecule has 1 aromatic heterocycles. The molecule has 0 spiro atoms. The van der Waals surface area contributed by atoms with Crippen LogP contribution < -0.4 is 9.47 Å². The van der Waals surface area contributed by atoms with Crippen LogP contribution in [0.1, 0.15) is 37.8 Å². The van der Waals surface area contributed by atoms with Gasteiger partial charge in [0, 0.05) is 12.6 Å². The van der Waals surface area contributed by atoms with Crippen LogP contribution in [0.25, 0.3) is 11.5 Å². The van der Waals surface area contributed by atoms with E-state index in [0.29, 0.717) is 23.3 Å². The van der Waals surface area contributed by atoms with E-state index in [1.54, 1.807) is 38.3 Å². The zero-order valence-corrected chi connectivity index (χ0v) is 18.9. The first-order valence-corrected chi connectivity index (χ1v) is 10.1. The van der Waals surface area contributed by atoms with Crippen LogP contribution in [0.15, 0.2) is 46.9 Å². The molecule has 0 aliphatic heterocycles. The number of aromatic nitrogens is 2. The van der Waals surface area contributed by atoms with E-state index in [9.17, 15) is 4.79 Å². The number of ether oxygens (including phenoxy) is 2. The second-order valence-corrected chi connectivity index (χ2v) is 8.44. The summed E-state index contributed by atoms with van der Waals surface area (Å²) in [6.07, 6.45) is 0.228. The minimum Gasteiger partial charge on any atom is -0.493 e. The van der Waals surface area contributed by atoms with Crippen molar-refractivity contribution < 1.29 is 18.7 Å². The van der Waals surface area contributed by atoms with E-state index in [2.05, 4.69) is 43.1 Å². The lowest BCUT2D eigenvalue weighted by Crippen LogP contribution is -2.27. The van der Waals surface area contributed by atoms with Crippen molar-refractivity contribution in [3.63, 3.8) is 0 Å². The molecule has 0 radical (unpaired) electrons. The van der Waals surface area contributed by atoms with Crippen molar-refractivity contribution in [1.29, 1.82) is 0 Å². The minimum atomic E-state index is -0.0681. The fourth-order valence-corrected chi connectivity index (χ4v) is 3.14.